The molecule has 1 aliphatic rings. The summed E-state index contributed by atoms with van der Waals surface area (Å²) in [5.74, 6) is 0.655. The van der Waals surface area contributed by atoms with E-state index in [1.807, 2.05) is 23.1 Å². The zero-order chi connectivity index (χ0) is 14.4. The van der Waals surface area contributed by atoms with Crippen LogP contribution in [0.5, 0.6) is 0 Å². The van der Waals surface area contributed by atoms with Gasteiger partial charge in [-0.05, 0) is 18.1 Å². The van der Waals surface area contributed by atoms with Crippen LogP contribution in [-0.4, -0.2) is 38.5 Å². The Kier molecular flexibility index (Phi) is 4.76. The van der Waals surface area contributed by atoms with Crippen molar-refractivity contribution >= 4 is 17.6 Å². The largest absolute Gasteiger partial charge is 0.353 e. The maximum Gasteiger partial charge on any atom is 0.246 e. The van der Waals surface area contributed by atoms with Crippen molar-refractivity contribution in [3.8, 4) is 0 Å². The molecule has 0 aliphatic carbocycles. The van der Waals surface area contributed by atoms with Crippen LogP contribution in [0.2, 0.25) is 0 Å². The van der Waals surface area contributed by atoms with E-state index in [9.17, 15) is 4.79 Å². The molecule has 5 heteroatoms. The monoisotopic (exact) mass is 272 g/mol. The summed E-state index contributed by atoms with van der Waals surface area (Å²) in [6.45, 7) is 5.22. The number of guanidine groups is 1. The third-order valence-electron chi connectivity index (χ3n) is 3.23. The second kappa shape index (κ2) is 6.75. The first-order valence-corrected chi connectivity index (χ1v) is 6.70. The molecule has 5 nitrogen and oxygen atoms in total. The number of para-hydroxylation sites is 1. The zero-order valence-electron chi connectivity index (χ0n) is 11.7. The minimum absolute atomic E-state index is 0.0523. The molecule has 0 atom stereocenters. The normalized spacial score (nSPS) is 13.8. The molecule has 0 bridgehead atoms. The van der Waals surface area contributed by atoms with Gasteiger partial charge in [0.2, 0.25) is 5.91 Å². The van der Waals surface area contributed by atoms with E-state index >= 15 is 0 Å². The van der Waals surface area contributed by atoms with Gasteiger partial charge >= 0.3 is 0 Å². The fourth-order valence-electron chi connectivity index (χ4n) is 2.24. The molecular formula is C15H20N4O. The number of benzene rings is 1. The van der Waals surface area contributed by atoms with Gasteiger partial charge in [0.1, 0.15) is 0 Å². The van der Waals surface area contributed by atoms with Crippen LogP contribution in [-0.2, 0) is 11.2 Å². The SMILES string of the molecule is C=CCNC(=NC)NCC(=O)N1CCc2ccccc21. The van der Waals surface area contributed by atoms with Crippen LogP contribution in [0.15, 0.2) is 41.9 Å². The average molecular weight is 272 g/mol. The van der Waals surface area contributed by atoms with Crippen LogP contribution in [0.3, 0.4) is 0 Å². The Bertz CT molecular complexity index is 524. The zero-order valence-corrected chi connectivity index (χ0v) is 11.7. The Morgan fingerprint density at radius 3 is 3.00 bits per heavy atom. The summed E-state index contributed by atoms with van der Waals surface area (Å²) in [4.78, 5) is 18.1. The first kappa shape index (κ1) is 14.1. The Morgan fingerprint density at radius 1 is 1.45 bits per heavy atom. The molecule has 1 aliphatic heterocycles. The predicted octanol–water partition coefficient (Wildman–Crippen LogP) is 0.927. The second-order valence-electron chi connectivity index (χ2n) is 4.52. The van der Waals surface area contributed by atoms with E-state index in [1.54, 1.807) is 13.1 Å². The fourth-order valence-corrected chi connectivity index (χ4v) is 2.24. The number of aliphatic imine (C=N–C) groups is 1. The number of hydrogen-bond donors (Lipinski definition) is 2. The molecule has 1 amide bonds. The number of amides is 1. The minimum Gasteiger partial charge on any atom is -0.353 e. The van der Waals surface area contributed by atoms with Crippen molar-refractivity contribution in [3.63, 3.8) is 0 Å². The molecule has 2 rings (SSSR count). The molecule has 1 heterocycles. The van der Waals surface area contributed by atoms with Crippen molar-refractivity contribution in [1.29, 1.82) is 0 Å². The molecule has 0 aromatic heterocycles. The highest BCUT2D eigenvalue weighted by Crippen LogP contribution is 2.27. The van der Waals surface area contributed by atoms with E-state index in [4.69, 9.17) is 0 Å². The molecule has 2 N–H and O–H groups in total. The first-order chi connectivity index (χ1) is 9.76. The van der Waals surface area contributed by atoms with E-state index < -0.39 is 0 Å². The highest BCUT2D eigenvalue weighted by atomic mass is 16.2. The minimum atomic E-state index is 0.0523. The number of carbonyl (C=O) groups excluding carboxylic acids is 1. The van der Waals surface area contributed by atoms with E-state index in [0.717, 1.165) is 18.7 Å². The lowest BCUT2D eigenvalue weighted by Gasteiger charge is -2.18. The summed E-state index contributed by atoms with van der Waals surface area (Å²) in [7, 11) is 1.67. The van der Waals surface area contributed by atoms with E-state index in [-0.39, 0.29) is 12.5 Å². The van der Waals surface area contributed by atoms with E-state index in [0.29, 0.717) is 12.5 Å². The molecule has 106 valence electrons. The summed E-state index contributed by atoms with van der Waals surface area (Å²) in [5.41, 5.74) is 2.25. The number of fused-ring (bicyclic) bond motifs is 1. The number of carbonyl (C=O) groups is 1. The third-order valence-corrected chi connectivity index (χ3v) is 3.23. The molecule has 0 spiro atoms. The molecule has 0 radical (unpaired) electrons. The lowest BCUT2D eigenvalue weighted by atomic mass is 10.2. The Hall–Kier alpha value is -2.30. The number of nitrogens with zero attached hydrogens (tertiary/aromatic N) is 2. The topological polar surface area (TPSA) is 56.7 Å². The van der Waals surface area contributed by atoms with Crippen LogP contribution in [0.25, 0.3) is 0 Å². The van der Waals surface area contributed by atoms with Crippen molar-refractivity contribution in [1.82, 2.24) is 10.6 Å². The Balaban J connectivity index is 1.92. The summed E-state index contributed by atoms with van der Waals surface area (Å²) in [6, 6.07) is 8.03. The van der Waals surface area contributed by atoms with Gasteiger partial charge in [-0.3, -0.25) is 9.79 Å². The van der Waals surface area contributed by atoms with Gasteiger partial charge in [0.25, 0.3) is 0 Å². The molecule has 1 aromatic rings. The van der Waals surface area contributed by atoms with Gasteiger partial charge in [-0.1, -0.05) is 24.3 Å². The summed E-state index contributed by atoms with van der Waals surface area (Å²) >= 11 is 0. The van der Waals surface area contributed by atoms with Crippen LogP contribution in [0.4, 0.5) is 5.69 Å². The van der Waals surface area contributed by atoms with Gasteiger partial charge in [-0.15, -0.1) is 6.58 Å². The maximum absolute atomic E-state index is 12.3. The predicted molar refractivity (Wildman–Crippen MR) is 82.1 cm³/mol. The van der Waals surface area contributed by atoms with Crippen molar-refractivity contribution in [2.45, 2.75) is 6.42 Å². The lowest BCUT2D eigenvalue weighted by Crippen LogP contribution is -2.44. The third kappa shape index (κ3) is 3.17. The van der Waals surface area contributed by atoms with Crippen LogP contribution in [0.1, 0.15) is 5.56 Å². The summed E-state index contributed by atoms with van der Waals surface area (Å²) in [5, 5.41) is 6.05. The van der Waals surface area contributed by atoms with Gasteiger partial charge < -0.3 is 15.5 Å². The molecular weight excluding hydrogens is 252 g/mol. The highest BCUT2D eigenvalue weighted by Gasteiger charge is 2.23. The molecule has 1 aromatic carbocycles. The van der Waals surface area contributed by atoms with Gasteiger partial charge in [-0.2, -0.15) is 0 Å². The number of nitrogens with one attached hydrogen (secondary N) is 2. The van der Waals surface area contributed by atoms with Crippen molar-refractivity contribution in [2.24, 2.45) is 4.99 Å². The van der Waals surface area contributed by atoms with Gasteiger partial charge in [0.15, 0.2) is 5.96 Å². The van der Waals surface area contributed by atoms with Gasteiger partial charge in [-0.25, -0.2) is 0 Å². The standard InChI is InChI=1S/C15H20N4O/c1-3-9-17-15(16-2)18-11-14(20)19-10-8-12-6-4-5-7-13(12)19/h3-7H,1,8-11H2,2H3,(H2,16,17,18). The first-order valence-electron chi connectivity index (χ1n) is 6.70. The smallest absolute Gasteiger partial charge is 0.246 e. The molecule has 0 saturated heterocycles. The van der Waals surface area contributed by atoms with Gasteiger partial charge in [0.05, 0.1) is 6.54 Å². The molecule has 0 unspecified atom stereocenters. The number of anilines is 1. The Labute approximate surface area is 119 Å². The number of hydrogen-bond acceptors (Lipinski definition) is 2. The van der Waals surface area contributed by atoms with Crippen LogP contribution < -0.4 is 15.5 Å². The van der Waals surface area contributed by atoms with Crippen molar-refractivity contribution < 1.29 is 4.79 Å². The van der Waals surface area contributed by atoms with Crippen molar-refractivity contribution in [2.75, 3.05) is 31.6 Å². The highest BCUT2D eigenvalue weighted by molar-refractivity contribution is 5.98. The molecule has 0 fully saturated rings. The summed E-state index contributed by atoms with van der Waals surface area (Å²) < 4.78 is 0. The summed E-state index contributed by atoms with van der Waals surface area (Å²) in [6.07, 6.45) is 2.66. The van der Waals surface area contributed by atoms with Crippen LogP contribution in [0, 0.1) is 0 Å². The Morgan fingerprint density at radius 2 is 2.25 bits per heavy atom. The quantitative estimate of drug-likeness (QED) is 0.487. The van der Waals surface area contributed by atoms with Crippen molar-refractivity contribution in [3.05, 3.63) is 42.5 Å². The average Bonchev–Trinajstić information content (AvgIpc) is 2.91. The molecule has 20 heavy (non-hydrogen) atoms. The number of rotatable bonds is 4. The van der Waals surface area contributed by atoms with Crippen LogP contribution >= 0.6 is 0 Å². The van der Waals surface area contributed by atoms with Gasteiger partial charge in [0, 0.05) is 25.8 Å². The van der Waals surface area contributed by atoms with E-state index in [2.05, 4.69) is 28.3 Å². The fraction of sp³-hybridized carbons (Fsp3) is 0.333. The lowest BCUT2D eigenvalue weighted by molar-refractivity contribution is -0.117. The maximum atomic E-state index is 12.3. The second-order valence-corrected chi connectivity index (χ2v) is 4.52. The van der Waals surface area contributed by atoms with E-state index in [1.165, 1.54) is 5.56 Å². The molecule has 0 saturated carbocycles.